The van der Waals surface area contributed by atoms with Crippen LogP contribution in [0.5, 0.6) is 0 Å². The van der Waals surface area contributed by atoms with Gasteiger partial charge in [0.15, 0.2) is 0 Å². The van der Waals surface area contributed by atoms with Gasteiger partial charge in [-0.3, -0.25) is 14.3 Å². The van der Waals surface area contributed by atoms with Crippen LogP contribution in [0.4, 0.5) is 0 Å². The Morgan fingerprint density at radius 3 is 2.38 bits per heavy atom. The lowest BCUT2D eigenvalue weighted by Crippen LogP contribution is -2.61. The summed E-state index contributed by atoms with van der Waals surface area (Å²) >= 11 is 0. The van der Waals surface area contributed by atoms with E-state index in [9.17, 15) is 14.7 Å². The zero-order chi connectivity index (χ0) is 22.1. The maximum absolute atomic E-state index is 13.6. The number of aromatic carboxylic acids is 1. The fourth-order valence-corrected chi connectivity index (χ4v) is 5.59. The van der Waals surface area contributed by atoms with Crippen LogP contribution < -0.4 is 10.9 Å². The maximum Gasteiger partial charge on any atom is 0.338 e. The van der Waals surface area contributed by atoms with E-state index in [0.717, 1.165) is 32.5 Å². The number of aromatic nitrogens is 1. The van der Waals surface area contributed by atoms with E-state index in [4.69, 9.17) is 0 Å². The van der Waals surface area contributed by atoms with E-state index in [1.54, 1.807) is 28.8 Å². The van der Waals surface area contributed by atoms with E-state index in [2.05, 4.69) is 10.2 Å². The van der Waals surface area contributed by atoms with Crippen LogP contribution in [0.2, 0.25) is 0 Å². The minimum Gasteiger partial charge on any atom is -0.478 e. The summed E-state index contributed by atoms with van der Waals surface area (Å²) in [6, 6.07) is 16.4. The number of carbonyl (C=O) groups is 1. The van der Waals surface area contributed by atoms with Gasteiger partial charge in [0.05, 0.1) is 11.3 Å². The lowest BCUT2D eigenvalue weighted by atomic mass is 9.80. The third kappa shape index (κ3) is 3.74. The Morgan fingerprint density at radius 1 is 0.969 bits per heavy atom. The molecule has 2 N–H and O–H groups in total. The van der Waals surface area contributed by atoms with Gasteiger partial charge < -0.3 is 10.4 Å². The summed E-state index contributed by atoms with van der Waals surface area (Å²) in [6.45, 7) is 3.02. The molecule has 1 spiro atoms. The second-order valence-electron chi connectivity index (χ2n) is 9.13. The average molecular weight is 432 g/mol. The highest BCUT2D eigenvalue weighted by Gasteiger charge is 2.37. The van der Waals surface area contributed by atoms with Crippen LogP contribution in [0.3, 0.4) is 0 Å². The Morgan fingerprint density at radius 2 is 1.66 bits per heavy atom. The fourth-order valence-electron chi connectivity index (χ4n) is 5.59. The molecule has 6 nitrogen and oxygen atoms in total. The molecule has 1 saturated heterocycles. The van der Waals surface area contributed by atoms with Crippen molar-refractivity contribution in [3.8, 4) is 5.69 Å². The van der Waals surface area contributed by atoms with E-state index in [1.165, 1.54) is 19.3 Å². The zero-order valence-corrected chi connectivity index (χ0v) is 18.2. The minimum atomic E-state index is -0.997. The first-order chi connectivity index (χ1) is 15.6. The van der Waals surface area contributed by atoms with Gasteiger partial charge in [0.2, 0.25) is 0 Å². The molecule has 1 aliphatic carbocycles. The highest BCUT2D eigenvalue weighted by molar-refractivity contribution is 6.04. The summed E-state index contributed by atoms with van der Waals surface area (Å²) in [5.74, 6) is -0.997. The second-order valence-corrected chi connectivity index (χ2v) is 9.13. The van der Waals surface area contributed by atoms with Gasteiger partial charge >= 0.3 is 5.97 Å². The highest BCUT2D eigenvalue weighted by atomic mass is 16.4. The predicted molar refractivity (Wildman–Crippen MR) is 126 cm³/mol. The monoisotopic (exact) mass is 431 g/mol. The second kappa shape index (κ2) is 8.52. The van der Waals surface area contributed by atoms with E-state index in [-0.39, 0.29) is 16.7 Å². The minimum absolute atomic E-state index is 0.106. The average Bonchev–Trinajstić information content (AvgIpc) is 2.80. The van der Waals surface area contributed by atoms with Gasteiger partial charge in [-0.25, -0.2) is 4.79 Å². The largest absolute Gasteiger partial charge is 0.478 e. The number of hydrogen-bond donors (Lipinski definition) is 2. The summed E-state index contributed by atoms with van der Waals surface area (Å²) in [5, 5.41) is 14.9. The molecule has 1 aliphatic heterocycles. The third-order valence-electron chi connectivity index (χ3n) is 7.05. The Hall–Kier alpha value is -2.96. The van der Waals surface area contributed by atoms with Gasteiger partial charge in [0.1, 0.15) is 0 Å². The van der Waals surface area contributed by atoms with E-state index < -0.39 is 5.97 Å². The molecule has 2 heterocycles. The Bertz CT molecular complexity index is 1190. The number of piperazine rings is 1. The van der Waals surface area contributed by atoms with Crippen molar-refractivity contribution in [1.29, 1.82) is 0 Å². The molecule has 2 aliphatic rings. The van der Waals surface area contributed by atoms with Crippen LogP contribution >= 0.6 is 0 Å². The fraction of sp³-hybridized carbons (Fsp3) is 0.385. The first-order valence-electron chi connectivity index (χ1n) is 11.5. The summed E-state index contributed by atoms with van der Waals surface area (Å²) < 4.78 is 1.61. The molecular weight excluding hydrogens is 402 g/mol. The van der Waals surface area contributed by atoms with Crippen molar-refractivity contribution in [2.24, 2.45) is 0 Å². The maximum atomic E-state index is 13.6. The molecule has 6 heteroatoms. The van der Waals surface area contributed by atoms with Gasteiger partial charge in [0.25, 0.3) is 5.56 Å². The lowest BCUT2D eigenvalue weighted by Gasteiger charge is -2.46. The van der Waals surface area contributed by atoms with Gasteiger partial charge in [-0.15, -0.1) is 0 Å². The molecule has 3 aromatic rings. The van der Waals surface area contributed by atoms with Crippen LogP contribution in [0.15, 0.2) is 59.4 Å². The molecule has 2 fully saturated rings. The van der Waals surface area contributed by atoms with E-state index >= 15 is 0 Å². The van der Waals surface area contributed by atoms with Crippen LogP contribution in [0.25, 0.3) is 16.5 Å². The van der Waals surface area contributed by atoms with Crippen molar-refractivity contribution < 1.29 is 9.90 Å². The van der Waals surface area contributed by atoms with Gasteiger partial charge in [-0.05, 0) is 31.0 Å². The Labute approximate surface area is 187 Å². The van der Waals surface area contributed by atoms with Crippen molar-refractivity contribution >= 4 is 16.7 Å². The van der Waals surface area contributed by atoms with Crippen LogP contribution in [-0.2, 0) is 6.54 Å². The Kier molecular flexibility index (Phi) is 5.57. The molecule has 32 heavy (non-hydrogen) atoms. The van der Waals surface area contributed by atoms with Crippen LogP contribution in [0, 0.1) is 0 Å². The Balaban J connectivity index is 1.66. The number of nitrogens with zero attached hydrogens (tertiary/aromatic N) is 2. The molecule has 0 amide bonds. The number of carboxylic acids is 1. The first-order valence-corrected chi connectivity index (χ1v) is 11.5. The molecule has 0 atom stereocenters. The summed E-state index contributed by atoms with van der Waals surface area (Å²) in [6.07, 6.45) is 6.04. The number of nitrogens with one attached hydrogen (secondary N) is 1. The molecule has 166 valence electrons. The van der Waals surface area contributed by atoms with Gasteiger partial charge in [-0.2, -0.15) is 0 Å². The number of fused-ring (bicyclic) bond motifs is 1. The van der Waals surface area contributed by atoms with Gasteiger partial charge in [-0.1, -0.05) is 55.7 Å². The van der Waals surface area contributed by atoms with E-state index in [0.29, 0.717) is 28.7 Å². The number of benzene rings is 2. The molecule has 0 bridgehead atoms. The molecule has 0 unspecified atom stereocenters. The normalized spacial score (nSPS) is 18.8. The van der Waals surface area contributed by atoms with Crippen molar-refractivity contribution in [1.82, 2.24) is 14.8 Å². The lowest BCUT2D eigenvalue weighted by molar-refractivity contribution is 0.0690. The highest BCUT2D eigenvalue weighted by Crippen LogP contribution is 2.32. The summed E-state index contributed by atoms with van der Waals surface area (Å²) in [5.41, 5.74) is 1.41. The SMILES string of the molecule is O=C(O)c1c(CN2CCNC3(CCCCC3)C2)n(-c2ccccc2)c(=O)c2ccccc12. The molecular formula is C26H29N3O3. The van der Waals surface area contributed by atoms with E-state index in [1.807, 2.05) is 30.3 Å². The smallest absolute Gasteiger partial charge is 0.338 e. The number of pyridine rings is 1. The van der Waals surface area contributed by atoms with Crippen molar-refractivity contribution in [3.05, 3.63) is 76.2 Å². The first kappa shape index (κ1) is 20.9. The molecule has 5 rings (SSSR count). The number of rotatable bonds is 4. The molecule has 1 aromatic heterocycles. The summed E-state index contributed by atoms with van der Waals surface area (Å²) in [7, 11) is 0. The number of carboxylic acid groups (broad SMARTS) is 1. The topological polar surface area (TPSA) is 74.6 Å². The van der Waals surface area contributed by atoms with Crippen molar-refractivity contribution in [3.63, 3.8) is 0 Å². The van der Waals surface area contributed by atoms with Crippen molar-refractivity contribution in [2.75, 3.05) is 19.6 Å². The van der Waals surface area contributed by atoms with Crippen LogP contribution in [0.1, 0.15) is 48.2 Å². The third-order valence-corrected chi connectivity index (χ3v) is 7.05. The molecule has 0 radical (unpaired) electrons. The standard InChI is InChI=1S/C26H29N3O3/c30-24-21-12-6-5-11-20(21)23(25(31)32)22(29(24)19-9-3-1-4-10-19)17-28-16-15-27-26(18-28)13-7-2-8-14-26/h1,3-6,9-12,27H,2,7-8,13-18H2,(H,31,32). The van der Waals surface area contributed by atoms with Crippen LogP contribution in [-0.4, -0.2) is 45.7 Å². The zero-order valence-electron chi connectivity index (χ0n) is 18.2. The van der Waals surface area contributed by atoms with Crippen molar-refractivity contribution in [2.45, 2.75) is 44.2 Å². The predicted octanol–water partition coefficient (Wildman–Crippen LogP) is 3.80. The quantitative estimate of drug-likeness (QED) is 0.657. The van der Waals surface area contributed by atoms with Gasteiger partial charge in [0, 0.05) is 48.2 Å². The molecule has 1 saturated carbocycles. The number of hydrogen-bond acceptors (Lipinski definition) is 4. The molecule has 2 aromatic carbocycles. The number of para-hydroxylation sites is 1. The summed E-state index contributed by atoms with van der Waals surface area (Å²) in [4.78, 5) is 28.5.